The van der Waals surface area contributed by atoms with Gasteiger partial charge < -0.3 is 19.0 Å². The molecule has 1 heterocycles. The molecule has 0 fully saturated rings. The van der Waals surface area contributed by atoms with Crippen LogP contribution >= 0.6 is 0 Å². The fraction of sp³-hybridized carbons (Fsp3) is 0.222. The smallest absolute Gasteiger partial charge is 0.504 e. The molecule has 5 nitrogen and oxygen atoms in total. The molecule has 2 rings (SSSR count). The number of phenolic OH excluding ortho intramolecular Hbond substituents is 2. The van der Waals surface area contributed by atoms with Gasteiger partial charge in [-0.25, -0.2) is 4.79 Å². The van der Waals surface area contributed by atoms with E-state index in [1.54, 1.807) is 6.92 Å². The molecule has 0 aliphatic heterocycles. The highest BCUT2D eigenvalue weighted by atomic mass is 16.6. The van der Waals surface area contributed by atoms with E-state index in [4.69, 9.17) is 4.42 Å². The first-order valence-electron chi connectivity index (χ1n) is 4.11. The van der Waals surface area contributed by atoms with Gasteiger partial charge in [-0.3, -0.25) is 0 Å². The number of aryl methyl sites for hydroxylation is 1. The molecule has 74 valence electrons. The molecule has 5 heteroatoms. The Morgan fingerprint density at radius 3 is 2.71 bits per heavy atom. The molecule has 1 aromatic heterocycles. The molecule has 0 bridgehead atoms. The molecule has 14 heavy (non-hydrogen) atoms. The van der Waals surface area contributed by atoms with Crippen molar-refractivity contribution in [3.8, 4) is 11.5 Å². The third-order valence-electron chi connectivity index (χ3n) is 2.03. The van der Waals surface area contributed by atoms with Crippen LogP contribution in [0.25, 0.3) is 11.2 Å². The zero-order chi connectivity index (χ0) is 10.3. The first-order chi connectivity index (χ1) is 6.63. The van der Waals surface area contributed by atoms with Crippen molar-refractivity contribution in [2.75, 3.05) is 0 Å². The monoisotopic (exact) mass is 196 g/mol. The van der Waals surface area contributed by atoms with Crippen LogP contribution in [-0.2, 0) is 6.42 Å². The van der Waals surface area contributed by atoms with Crippen LogP contribution in [0.2, 0.25) is 0 Å². The summed E-state index contributed by atoms with van der Waals surface area (Å²) in [5.74, 6) is -1.44. The van der Waals surface area contributed by atoms with Crippen LogP contribution in [0.5, 0.6) is 11.5 Å². The summed E-state index contributed by atoms with van der Waals surface area (Å²) in [5.41, 5.74) is 0.695. The van der Waals surface area contributed by atoms with Crippen molar-refractivity contribution in [2.45, 2.75) is 13.3 Å². The average Bonchev–Trinajstić information content (AvgIpc) is 2.47. The summed E-state index contributed by atoms with van der Waals surface area (Å²) in [4.78, 5) is 10.8. The summed E-state index contributed by atoms with van der Waals surface area (Å²) in [6.45, 7) is 1.76. The molecule has 0 atom stereocenters. The van der Waals surface area contributed by atoms with E-state index in [0.29, 0.717) is 12.0 Å². The molecule has 0 saturated carbocycles. The third kappa shape index (κ3) is 1.06. The van der Waals surface area contributed by atoms with Crippen molar-refractivity contribution in [1.29, 1.82) is 0 Å². The number of hydrogen-bond acceptors (Lipinski definition) is 5. The molecule has 2 N–H and O–H groups in total. The number of rotatable bonds is 1. The van der Waals surface area contributed by atoms with Crippen molar-refractivity contribution in [2.24, 2.45) is 0 Å². The summed E-state index contributed by atoms with van der Waals surface area (Å²) in [5, 5.41) is 18.7. The van der Waals surface area contributed by atoms with Crippen molar-refractivity contribution >= 4 is 11.2 Å². The Hall–Kier alpha value is -1.91. The van der Waals surface area contributed by atoms with Gasteiger partial charge in [-0.15, -0.1) is 0 Å². The molecular weight excluding hydrogens is 188 g/mol. The highest BCUT2D eigenvalue weighted by Crippen LogP contribution is 2.35. The van der Waals surface area contributed by atoms with Crippen LogP contribution in [0.4, 0.5) is 0 Å². The number of benzene rings is 1. The summed E-state index contributed by atoms with van der Waals surface area (Å²) < 4.78 is 9.39. The summed E-state index contributed by atoms with van der Waals surface area (Å²) >= 11 is 0. The molecule has 0 amide bonds. The normalized spacial score (nSPS) is 10.9. The lowest BCUT2D eigenvalue weighted by Gasteiger charge is -2.02. The predicted molar refractivity (Wildman–Crippen MR) is 47.5 cm³/mol. The summed E-state index contributed by atoms with van der Waals surface area (Å²) in [6.07, 6.45) is 0.430. The number of phenols is 2. The van der Waals surface area contributed by atoms with Crippen molar-refractivity contribution in [3.63, 3.8) is 0 Å². The molecule has 0 radical (unpaired) electrons. The topological polar surface area (TPSA) is 83.8 Å². The minimum Gasteiger partial charge on any atom is -0.504 e. The standard InChI is InChI=1S/C9H8O5/c1-2-4-7(11)5(10)3-6-8(4)14-9(12)13-6/h3,10-11H,2H2,1H3. The lowest BCUT2D eigenvalue weighted by atomic mass is 10.1. The van der Waals surface area contributed by atoms with E-state index in [-0.39, 0.29) is 22.7 Å². The molecule has 0 aliphatic carbocycles. The van der Waals surface area contributed by atoms with Gasteiger partial charge in [0.15, 0.2) is 22.7 Å². The Morgan fingerprint density at radius 1 is 1.36 bits per heavy atom. The van der Waals surface area contributed by atoms with Crippen LogP contribution in [0.1, 0.15) is 12.5 Å². The second-order valence-electron chi connectivity index (χ2n) is 2.86. The highest BCUT2D eigenvalue weighted by molar-refractivity contribution is 5.79. The number of aromatic hydroxyl groups is 2. The average molecular weight is 196 g/mol. The maximum Gasteiger partial charge on any atom is 0.519 e. The van der Waals surface area contributed by atoms with Gasteiger partial charge in [0.05, 0.1) is 0 Å². The van der Waals surface area contributed by atoms with E-state index in [0.717, 1.165) is 6.07 Å². The Morgan fingerprint density at radius 2 is 2.07 bits per heavy atom. The maximum atomic E-state index is 10.8. The van der Waals surface area contributed by atoms with Gasteiger partial charge in [0, 0.05) is 11.6 Å². The first kappa shape index (κ1) is 8.68. The van der Waals surface area contributed by atoms with Crippen LogP contribution in [0.3, 0.4) is 0 Å². The molecule has 0 aliphatic rings. The van der Waals surface area contributed by atoms with E-state index in [1.807, 2.05) is 0 Å². The number of hydrogen-bond donors (Lipinski definition) is 2. The highest BCUT2D eigenvalue weighted by Gasteiger charge is 2.16. The van der Waals surface area contributed by atoms with Crippen LogP contribution < -0.4 is 5.82 Å². The van der Waals surface area contributed by atoms with E-state index < -0.39 is 5.82 Å². The van der Waals surface area contributed by atoms with E-state index in [9.17, 15) is 15.0 Å². The third-order valence-corrected chi connectivity index (χ3v) is 2.03. The van der Waals surface area contributed by atoms with Gasteiger partial charge >= 0.3 is 5.82 Å². The molecule has 2 aromatic rings. The van der Waals surface area contributed by atoms with Crippen molar-refractivity contribution in [3.05, 3.63) is 22.2 Å². The van der Waals surface area contributed by atoms with Gasteiger partial charge in [0.25, 0.3) is 0 Å². The summed E-state index contributed by atoms with van der Waals surface area (Å²) in [6, 6.07) is 1.15. The van der Waals surface area contributed by atoms with E-state index >= 15 is 0 Å². The van der Waals surface area contributed by atoms with Gasteiger partial charge in [-0.2, -0.15) is 0 Å². The Kier molecular flexibility index (Phi) is 1.73. The molecular formula is C9H8O5. The predicted octanol–water partition coefficient (Wildman–Crippen LogP) is 1.36. The molecule has 0 unspecified atom stereocenters. The number of fused-ring (bicyclic) bond motifs is 1. The maximum absolute atomic E-state index is 10.8. The Bertz CT molecular complexity index is 534. The lowest BCUT2D eigenvalue weighted by molar-refractivity contribution is 0.399. The molecule has 1 aromatic carbocycles. The van der Waals surface area contributed by atoms with Gasteiger partial charge in [0.2, 0.25) is 0 Å². The van der Waals surface area contributed by atoms with Crippen LogP contribution in [0.15, 0.2) is 19.7 Å². The molecule has 0 saturated heterocycles. The van der Waals surface area contributed by atoms with E-state index in [1.165, 1.54) is 0 Å². The Balaban J connectivity index is 2.94. The summed E-state index contributed by atoms with van der Waals surface area (Å²) in [7, 11) is 0. The van der Waals surface area contributed by atoms with Gasteiger partial charge in [0.1, 0.15) is 0 Å². The quantitative estimate of drug-likeness (QED) is 0.672. The van der Waals surface area contributed by atoms with Gasteiger partial charge in [-0.1, -0.05) is 6.92 Å². The minimum atomic E-state index is -0.847. The second-order valence-corrected chi connectivity index (χ2v) is 2.86. The zero-order valence-corrected chi connectivity index (χ0v) is 7.40. The SMILES string of the molecule is CCc1c(O)c(O)cc2oc(=O)oc12. The van der Waals surface area contributed by atoms with E-state index in [2.05, 4.69) is 4.42 Å². The van der Waals surface area contributed by atoms with Crippen LogP contribution in [-0.4, -0.2) is 10.2 Å². The molecule has 0 spiro atoms. The Labute approximate surface area is 78.2 Å². The lowest BCUT2D eigenvalue weighted by Crippen LogP contribution is -1.85. The van der Waals surface area contributed by atoms with Gasteiger partial charge in [-0.05, 0) is 6.42 Å². The van der Waals surface area contributed by atoms with Crippen molar-refractivity contribution < 1.29 is 19.0 Å². The van der Waals surface area contributed by atoms with Crippen LogP contribution in [0, 0.1) is 0 Å². The first-order valence-corrected chi connectivity index (χ1v) is 4.11. The largest absolute Gasteiger partial charge is 0.519 e. The fourth-order valence-electron chi connectivity index (χ4n) is 1.38. The fourth-order valence-corrected chi connectivity index (χ4v) is 1.38. The minimum absolute atomic E-state index is 0.141. The van der Waals surface area contributed by atoms with Crippen molar-refractivity contribution in [1.82, 2.24) is 0 Å². The zero-order valence-electron chi connectivity index (χ0n) is 7.40. The second kappa shape index (κ2) is 2.80.